The Bertz CT molecular complexity index is 244. The Morgan fingerprint density at radius 2 is 2.12 bits per heavy atom. The van der Waals surface area contributed by atoms with Gasteiger partial charge in [0.25, 0.3) is 5.91 Å². The van der Waals surface area contributed by atoms with Crippen LogP contribution in [0.25, 0.3) is 0 Å². The highest BCUT2D eigenvalue weighted by atomic mass is 16.5. The molecule has 0 aromatic carbocycles. The van der Waals surface area contributed by atoms with Crippen LogP contribution in [-0.2, 0) is 9.53 Å². The number of carbonyl (C=O) groups is 1. The molecule has 1 saturated heterocycles. The minimum Gasteiger partial charge on any atom is -0.366 e. The van der Waals surface area contributed by atoms with Crippen LogP contribution in [-0.4, -0.2) is 37.7 Å². The first-order chi connectivity index (χ1) is 8.29. The molecular weight excluding hydrogens is 216 g/mol. The molecule has 1 aliphatic carbocycles. The summed E-state index contributed by atoms with van der Waals surface area (Å²) in [5, 5.41) is 6.31. The van der Waals surface area contributed by atoms with Crippen molar-refractivity contribution in [2.24, 2.45) is 5.92 Å². The molecule has 0 radical (unpaired) electrons. The highest BCUT2D eigenvalue weighted by molar-refractivity contribution is 5.81. The fourth-order valence-electron chi connectivity index (χ4n) is 2.74. The van der Waals surface area contributed by atoms with Gasteiger partial charge in [0, 0.05) is 19.1 Å². The molecule has 98 valence electrons. The average Bonchev–Trinajstić information content (AvgIpc) is 2.40. The van der Waals surface area contributed by atoms with Crippen molar-refractivity contribution in [2.45, 2.75) is 51.2 Å². The molecule has 0 spiro atoms. The third kappa shape index (κ3) is 3.68. The van der Waals surface area contributed by atoms with Crippen LogP contribution in [0.4, 0.5) is 0 Å². The molecular formula is C13H24N2O2. The molecule has 0 bridgehead atoms. The lowest BCUT2D eigenvalue weighted by molar-refractivity contribution is -0.135. The van der Waals surface area contributed by atoms with Gasteiger partial charge in [-0.2, -0.15) is 0 Å². The van der Waals surface area contributed by atoms with Crippen molar-refractivity contribution in [1.82, 2.24) is 10.6 Å². The SMILES string of the molecule is CCC1CCC(NC(=O)C2CNCCO2)CC1. The lowest BCUT2D eigenvalue weighted by atomic mass is 9.84. The van der Waals surface area contributed by atoms with Gasteiger partial charge in [0.1, 0.15) is 6.10 Å². The standard InChI is InChI=1S/C13H24N2O2/c1-2-10-3-5-11(6-4-10)15-13(16)12-9-14-7-8-17-12/h10-12,14H,2-9H2,1H3,(H,15,16). The number of ether oxygens (including phenoxy) is 1. The maximum Gasteiger partial charge on any atom is 0.250 e. The summed E-state index contributed by atoms with van der Waals surface area (Å²) < 4.78 is 5.45. The monoisotopic (exact) mass is 240 g/mol. The predicted octanol–water partition coefficient (Wildman–Crippen LogP) is 1.06. The van der Waals surface area contributed by atoms with Gasteiger partial charge in [0.2, 0.25) is 0 Å². The first kappa shape index (κ1) is 12.8. The lowest BCUT2D eigenvalue weighted by Crippen LogP contribution is -2.50. The van der Waals surface area contributed by atoms with Crippen molar-refractivity contribution in [1.29, 1.82) is 0 Å². The van der Waals surface area contributed by atoms with Crippen LogP contribution in [0.5, 0.6) is 0 Å². The van der Waals surface area contributed by atoms with Gasteiger partial charge in [0.15, 0.2) is 0 Å². The molecule has 1 saturated carbocycles. The van der Waals surface area contributed by atoms with Crippen molar-refractivity contribution in [3.05, 3.63) is 0 Å². The summed E-state index contributed by atoms with van der Waals surface area (Å²) in [6.07, 6.45) is 5.76. The van der Waals surface area contributed by atoms with Crippen LogP contribution < -0.4 is 10.6 Å². The number of amides is 1. The van der Waals surface area contributed by atoms with Gasteiger partial charge in [-0.1, -0.05) is 13.3 Å². The Morgan fingerprint density at radius 3 is 2.71 bits per heavy atom. The van der Waals surface area contributed by atoms with Gasteiger partial charge < -0.3 is 15.4 Å². The summed E-state index contributed by atoms with van der Waals surface area (Å²) >= 11 is 0. The Kier molecular flexibility index (Phi) is 4.80. The molecule has 0 aromatic rings. The summed E-state index contributed by atoms with van der Waals surface area (Å²) in [4.78, 5) is 11.9. The molecule has 1 unspecified atom stereocenters. The number of rotatable bonds is 3. The largest absolute Gasteiger partial charge is 0.366 e. The quantitative estimate of drug-likeness (QED) is 0.775. The van der Waals surface area contributed by atoms with Crippen LogP contribution in [0.3, 0.4) is 0 Å². The second-order valence-electron chi connectivity index (χ2n) is 5.20. The normalized spacial score (nSPS) is 34.3. The molecule has 2 rings (SSSR count). The van der Waals surface area contributed by atoms with E-state index in [-0.39, 0.29) is 12.0 Å². The molecule has 17 heavy (non-hydrogen) atoms. The second kappa shape index (κ2) is 6.36. The van der Waals surface area contributed by atoms with Crippen molar-refractivity contribution < 1.29 is 9.53 Å². The third-order valence-electron chi connectivity index (χ3n) is 3.99. The molecule has 1 atom stereocenters. The van der Waals surface area contributed by atoms with E-state index in [1.54, 1.807) is 0 Å². The van der Waals surface area contributed by atoms with Crippen LogP contribution in [0.2, 0.25) is 0 Å². The number of hydrogen-bond acceptors (Lipinski definition) is 3. The van der Waals surface area contributed by atoms with E-state index in [9.17, 15) is 4.79 Å². The van der Waals surface area contributed by atoms with Crippen LogP contribution >= 0.6 is 0 Å². The van der Waals surface area contributed by atoms with Gasteiger partial charge in [-0.3, -0.25) is 4.79 Å². The van der Waals surface area contributed by atoms with Gasteiger partial charge >= 0.3 is 0 Å². The van der Waals surface area contributed by atoms with E-state index in [1.165, 1.54) is 19.3 Å². The fourth-order valence-corrected chi connectivity index (χ4v) is 2.74. The zero-order valence-corrected chi connectivity index (χ0v) is 10.7. The molecule has 4 nitrogen and oxygen atoms in total. The van der Waals surface area contributed by atoms with Crippen molar-refractivity contribution >= 4 is 5.91 Å². The van der Waals surface area contributed by atoms with Crippen molar-refractivity contribution in [3.8, 4) is 0 Å². The van der Waals surface area contributed by atoms with E-state index >= 15 is 0 Å². The zero-order valence-electron chi connectivity index (χ0n) is 10.7. The molecule has 1 aliphatic heterocycles. The zero-order chi connectivity index (χ0) is 12.1. The van der Waals surface area contributed by atoms with E-state index in [0.29, 0.717) is 19.2 Å². The van der Waals surface area contributed by atoms with E-state index in [2.05, 4.69) is 17.6 Å². The van der Waals surface area contributed by atoms with E-state index < -0.39 is 0 Å². The number of nitrogens with one attached hydrogen (secondary N) is 2. The minimum atomic E-state index is -0.285. The molecule has 1 heterocycles. The molecule has 2 N–H and O–H groups in total. The molecule has 2 aliphatic rings. The Balaban J connectivity index is 1.71. The van der Waals surface area contributed by atoms with Gasteiger partial charge in [0.05, 0.1) is 6.61 Å². The molecule has 2 fully saturated rings. The van der Waals surface area contributed by atoms with Crippen molar-refractivity contribution in [2.75, 3.05) is 19.7 Å². The third-order valence-corrected chi connectivity index (χ3v) is 3.99. The number of morpholine rings is 1. The maximum atomic E-state index is 11.9. The smallest absolute Gasteiger partial charge is 0.250 e. The predicted molar refractivity (Wildman–Crippen MR) is 66.8 cm³/mol. The lowest BCUT2D eigenvalue weighted by Gasteiger charge is -2.30. The summed E-state index contributed by atoms with van der Waals surface area (Å²) in [6.45, 7) is 4.40. The van der Waals surface area contributed by atoms with E-state index in [1.807, 2.05) is 0 Å². The molecule has 4 heteroatoms. The Morgan fingerprint density at radius 1 is 1.35 bits per heavy atom. The summed E-state index contributed by atoms with van der Waals surface area (Å²) in [5.41, 5.74) is 0. The maximum absolute atomic E-state index is 11.9. The van der Waals surface area contributed by atoms with Gasteiger partial charge in [-0.15, -0.1) is 0 Å². The topological polar surface area (TPSA) is 50.4 Å². The summed E-state index contributed by atoms with van der Waals surface area (Å²) in [7, 11) is 0. The number of hydrogen-bond donors (Lipinski definition) is 2. The highest BCUT2D eigenvalue weighted by Gasteiger charge is 2.26. The molecule has 1 amide bonds. The average molecular weight is 240 g/mol. The Labute approximate surface area is 103 Å². The van der Waals surface area contributed by atoms with Gasteiger partial charge in [-0.25, -0.2) is 0 Å². The molecule has 0 aromatic heterocycles. The first-order valence-corrected chi connectivity index (χ1v) is 6.92. The van der Waals surface area contributed by atoms with Gasteiger partial charge in [-0.05, 0) is 31.6 Å². The van der Waals surface area contributed by atoms with Crippen LogP contribution in [0.15, 0.2) is 0 Å². The minimum absolute atomic E-state index is 0.0668. The Hall–Kier alpha value is -0.610. The highest BCUT2D eigenvalue weighted by Crippen LogP contribution is 2.26. The summed E-state index contributed by atoms with van der Waals surface area (Å²) in [6, 6.07) is 0.371. The van der Waals surface area contributed by atoms with Crippen molar-refractivity contribution in [3.63, 3.8) is 0 Å². The number of carbonyl (C=O) groups excluding carboxylic acids is 1. The van der Waals surface area contributed by atoms with Crippen LogP contribution in [0.1, 0.15) is 39.0 Å². The summed E-state index contributed by atoms with van der Waals surface area (Å²) in [5.74, 6) is 0.938. The van der Waals surface area contributed by atoms with Crippen LogP contribution in [0, 0.1) is 5.92 Å². The van der Waals surface area contributed by atoms with E-state index in [0.717, 1.165) is 25.3 Å². The van der Waals surface area contributed by atoms with E-state index in [4.69, 9.17) is 4.74 Å². The fraction of sp³-hybridized carbons (Fsp3) is 0.923. The first-order valence-electron chi connectivity index (χ1n) is 6.92. The second-order valence-corrected chi connectivity index (χ2v) is 5.20.